The number of carbonyl (C=O) groups is 10. The van der Waals surface area contributed by atoms with Crippen molar-refractivity contribution in [2.24, 2.45) is 5.92 Å². The number of ether oxygens (including phenoxy) is 4. The van der Waals surface area contributed by atoms with Crippen LogP contribution >= 0.6 is 22.6 Å². The van der Waals surface area contributed by atoms with Gasteiger partial charge < -0.3 is 55.1 Å². The van der Waals surface area contributed by atoms with Crippen molar-refractivity contribution >= 4 is 93.8 Å². The third kappa shape index (κ3) is 26.0. The number of nitrogens with one attached hydrogen (secondary N) is 4. The normalized spacial score (nSPS) is 17.7. The van der Waals surface area contributed by atoms with E-state index in [2.05, 4.69) is 54.8 Å². The van der Waals surface area contributed by atoms with E-state index in [1.54, 1.807) is 32.9 Å². The van der Waals surface area contributed by atoms with E-state index in [1.807, 2.05) is 34.1 Å². The number of halogens is 3. The highest BCUT2D eigenvalue weighted by atomic mass is 127. The number of terminal acetylenes is 1. The number of aromatic nitrogens is 1. The first kappa shape index (κ1) is 74.4. The van der Waals surface area contributed by atoms with E-state index in [-0.39, 0.29) is 76.5 Å². The molecule has 0 unspecified atom stereocenters. The quantitative estimate of drug-likeness (QED) is 0.0143. The molecular formula is C64H86F2IN11O15. The molecule has 0 radical (unpaired) electrons. The molecule has 2 aromatic carbocycles. The van der Waals surface area contributed by atoms with Gasteiger partial charge in [0.1, 0.15) is 31.3 Å². The summed E-state index contributed by atoms with van der Waals surface area (Å²) < 4.78 is 50.3. The summed E-state index contributed by atoms with van der Waals surface area (Å²) in [5.41, 5.74) is 1.84. The minimum absolute atomic E-state index is 0.0393. The minimum Gasteiger partial charge on any atom is -0.494 e. The number of hydrogen-bond donors (Lipinski definition) is 5. The maximum Gasteiger partial charge on any atom is 0.317 e. The molecule has 26 nitrogen and oxygen atoms in total. The first-order valence-electron chi connectivity index (χ1n) is 31.4. The second-order valence-electron chi connectivity index (χ2n) is 23.4. The number of rotatable bonds is 34. The van der Waals surface area contributed by atoms with Crippen molar-refractivity contribution in [3.05, 3.63) is 69.4 Å². The fourth-order valence-electron chi connectivity index (χ4n) is 11.3. The van der Waals surface area contributed by atoms with Gasteiger partial charge in [-0.3, -0.25) is 72.5 Å². The van der Waals surface area contributed by atoms with Crippen molar-refractivity contribution in [3.8, 4) is 18.1 Å². The summed E-state index contributed by atoms with van der Waals surface area (Å²) in [5.74, 6) is -5.17. The van der Waals surface area contributed by atoms with Gasteiger partial charge in [0, 0.05) is 100.0 Å². The number of benzene rings is 2. The summed E-state index contributed by atoms with van der Waals surface area (Å²) in [7, 11) is 1.17. The smallest absolute Gasteiger partial charge is 0.317 e. The van der Waals surface area contributed by atoms with E-state index in [9.17, 15) is 61.8 Å². The summed E-state index contributed by atoms with van der Waals surface area (Å²) >= 11 is 2.24. The van der Waals surface area contributed by atoms with Gasteiger partial charge in [0.25, 0.3) is 24.8 Å². The van der Waals surface area contributed by atoms with Gasteiger partial charge in [-0.15, -0.1) is 6.42 Å². The highest BCUT2D eigenvalue weighted by Gasteiger charge is 2.46. The van der Waals surface area contributed by atoms with Gasteiger partial charge in [-0.1, -0.05) is 24.5 Å². The second kappa shape index (κ2) is 39.1. The number of aryl methyl sites for hydroxylation is 1. The minimum atomic E-state index is -3.12. The van der Waals surface area contributed by atoms with Crippen molar-refractivity contribution in [1.29, 1.82) is 0 Å². The molecule has 3 fully saturated rings. The summed E-state index contributed by atoms with van der Waals surface area (Å²) in [4.78, 5) is 143. The van der Waals surface area contributed by atoms with Crippen LogP contribution in [0.2, 0.25) is 0 Å². The Labute approximate surface area is 553 Å². The van der Waals surface area contributed by atoms with Gasteiger partial charge in [0.2, 0.25) is 29.5 Å². The van der Waals surface area contributed by atoms with Crippen LogP contribution in [0.15, 0.2) is 54.7 Å². The van der Waals surface area contributed by atoms with Crippen LogP contribution in [0.4, 0.5) is 8.78 Å². The largest absolute Gasteiger partial charge is 0.494 e. The molecule has 93 heavy (non-hydrogen) atoms. The fourth-order valence-corrected chi connectivity index (χ4v) is 11.7. The topological polar surface area (TPSA) is 308 Å². The predicted octanol–water partition coefficient (Wildman–Crippen LogP) is 2.64. The second-order valence-corrected chi connectivity index (χ2v) is 24.6. The van der Waals surface area contributed by atoms with Gasteiger partial charge in [0.05, 0.1) is 63.4 Å². The zero-order valence-electron chi connectivity index (χ0n) is 52.6. The van der Waals surface area contributed by atoms with Crippen LogP contribution in [-0.2, 0) is 63.8 Å². The van der Waals surface area contributed by atoms with E-state index in [0.29, 0.717) is 127 Å². The van der Waals surface area contributed by atoms with Gasteiger partial charge >= 0.3 is 11.9 Å². The highest BCUT2D eigenvalue weighted by Crippen LogP contribution is 2.32. The number of carboxylic acids is 1. The Morgan fingerprint density at radius 2 is 1.44 bits per heavy atom. The monoisotopic (exact) mass is 1410 g/mol. The molecule has 6 rings (SSSR count). The van der Waals surface area contributed by atoms with Crippen LogP contribution in [-0.4, -0.2) is 249 Å². The van der Waals surface area contributed by atoms with E-state index in [1.165, 1.54) is 19.4 Å². The summed E-state index contributed by atoms with van der Waals surface area (Å²) in [6.45, 7) is 2.33. The lowest BCUT2D eigenvalue weighted by Gasteiger charge is -2.35. The first-order valence-corrected chi connectivity index (χ1v) is 32.5. The Hall–Kier alpha value is -7.66. The van der Waals surface area contributed by atoms with Crippen molar-refractivity contribution in [1.82, 2.24) is 55.7 Å². The summed E-state index contributed by atoms with van der Waals surface area (Å²) in [5, 5.41) is 21.3. The maximum absolute atomic E-state index is 14.5. The van der Waals surface area contributed by atoms with Crippen LogP contribution in [0.1, 0.15) is 93.0 Å². The molecule has 5 N–H and O–H groups in total. The standard InChI is InChI=1S/C64H86F2IN11O15/c1-3-49-37-64(65,66)41-78(49)58(83)38-70-61(87)51-19-23-68-53-18-17-50(35-52(51)53)93-34-7-5-9-47-20-24-77(25-21-47)63(89)55(36-60(86)90-2)72-62(88)54(11-4-6-22-69-56(81)12-8-10-46-13-15-48(67)16-14-46)71-57(82)39-73-26-27-74(40-59(84)85)29-31-76(43-92-45-80)33-32-75(30-28-73)42-91-44-79/h1,13-19,23,35,44-45,47,49,54-55H,4-12,20-22,24-34,36-43H2,2H3,(H,69,81)(H,70,87)(H,71,82)(H,72,88)(H,84,85)/t49-,54-,55-/m0/s1. The lowest BCUT2D eigenvalue weighted by atomic mass is 9.91. The van der Waals surface area contributed by atoms with Crippen molar-refractivity contribution in [2.75, 3.05) is 125 Å². The average Bonchev–Trinajstić information content (AvgIpc) is 1.78. The maximum atomic E-state index is 14.5. The highest BCUT2D eigenvalue weighted by molar-refractivity contribution is 14.1. The lowest BCUT2D eigenvalue weighted by Crippen LogP contribution is -2.56. The van der Waals surface area contributed by atoms with Gasteiger partial charge in [-0.25, -0.2) is 8.78 Å². The Kier molecular flexibility index (Phi) is 31.3. The number of piperidine rings is 1. The molecule has 0 spiro atoms. The third-order valence-electron chi connectivity index (χ3n) is 16.5. The molecule has 29 heteroatoms. The molecule has 0 bridgehead atoms. The molecule has 0 aliphatic carbocycles. The Bertz CT molecular complexity index is 3030. The van der Waals surface area contributed by atoms with Crippen LogP contribution in [0.25, 0.3) is 10.9 Å². The number of carbonyl (C=O) groups excluding carboxylic acids is 9. The van der Waals surface area contributed by atoms with E-state index in [0.717, 1.165) is 33.3 Å². The molecule has 3 aromatic rings. The molecule has 0 saturated carbocycles. The number of nitrogens with zero attached hydrogens (tertiary/aromatic N) is 7. The van der Waals surface area contributed by atoms with Crippen LogP contribution < -0.4 is 26.0 Å². The molecule has 508 valence electrons. The van der Waals surface area contributed by atoms with Crippen LogP contribution in [0.5, 0.6) is 5.75 Å². The molecule has 3 atom stereocenters. The zero-order valence-corrected chi connectivity index (χ0v) is 54.7. The number of pyridine rings is 1. The van der Waals surface area contributed by atoms with Crippen LogP contribution in [0, 0.1) is 21.8 Å². The van der Waals surface area contributed by atoms with Crippen molar-refractivity contribution in [3.63, 3.8) is 0 Å². The summed E-state index contributed by atoms with van der Waals surface area (Å²) in [6, 6.07) is 11.1. The molecule has 6 amide bonds. The number of hydrogen-bond acceptors (Lipinski definition) is 19. The number of aliphatic carboxylic acids is 1. The van der Waals surface area contributed by atoms with Crippen molar-refractivity contribution < 1.29 is 80.8 Å². The third-order valence-corrected chi connectivity index (χ3v) is 17.3. The van der Waals surface area contributed by atoms with E-state index >= 15 is 0 Å². The summed E-state index contributed by atoms with van der Waals surface area (Å²) in [6.07, 6.45) is 11.9. The number of likely N-dealkylation sites (tertiary alicyclic amines) is 2. The van der Waals surface area contributed by atoms with Crippen LogP contribution in [0.3, 0.4) is 0 Å². The Morgan fingerprint density at radius 1 is 0.785 bits per heavy atom. The zero-order chi connectivity index (χ0) is 67.1. The molecular weight excluding hydrogens is 1330 g/mol. The Morgan fingerprint density at radius 3 is 2.08 bits per heavy atom. The molecule has 3 aliphatic heterocycles. The van der Waals surface area contributed by atoms with Gasteiger partial charge in [-0.2, -0.15) is 0 Å². The van der Waals surface area contributed by atoms with Gasteiger partial charge in [-0.05, 0) is 128 Å². The molecule has 3 saturated heterocycles. The number of amides is 6. The first-order chi connectivity index (χ1) is 44.8. The van der Waals surface area contributed by atoms with Crippen molar-refractivity contribution in [2.45, 2.75) is 108 Å². The average molecular weight is 1410 g/mol. The fraction of sp³-hybridized carbons (Fsp3) is 0.578. The number of alkyl halides is 2. The number of carboxylic acid groups (broad SMARTS) is 1. The van der Waals surface area contributed by atoms with E-state index < -0.39 is 91.5 Å². The number of unbranched alkanes of at least 4 members (excludes halogenated alkanes) is 2. The number of fused-ring (bicyclic) bond motifs is 1. The number of esters is 1. The van der Waals surface area contributed by atoms with E-state index in [4.69, 9.17) is 25.4 Å². The lowest BCUT2D eigenvalue weighted by molar-refractivity contribution is -0.147. The van der Waals surface area contributed by atoms with Gasteiger partial charge in [0.15, 0.2) is 0 Å². The SMILES string of the molecule is C#C[C@H]1CC(F)(F)CN1C(=O)CNC(=O)c1ccnc2ccc(OCCCCC3CCN(C(=O)[C@H](CC(=O)OC)NC(=O)[C@H](CCCCNC(=O)CCCc4ccc(I)cc4)NC(=O)CN4CCN(COC=O)CCN(COC=O)CCN(CC(=O)O)CC4)CC3)cc12. The number of methoxy groups -OCH3 is 1. The predicted molar refractivity (Wildman–Crippen MR) is 344 cm³/mol. The molecule has 3 aliphatic rings. The molecule has 4 heterocycles. The Balaban J connectivity index is 1.03. The molecule has 1 aromatic heterocycles.